The first-order chi connectivity index (χ1) is 3.39. The number of aromatic nitrogens is 3. The van der Waals surface area contributed by atoms with Crippen LogP contribution in [-0.4, -0.2) is 15.4 Å². The molecule has 44 valence electrons. The lowest BCUT2D eigenvalue weighted by molar-refractivity contribution is 0.865. The zero-order valence-corrected chi connectivity index (χ0v) is 5.35. The third-order valence-electron chi connectivity index (χ3n) is 0.471. The highest BCUT2D eigenvalue weighted by Gasteiger charge is 1.79. The van der Waals surface area contributed by atoms with E-state index in [1.54, 1.807) is 6.07 Å². The van der Waals surface area contributed by atoms with Gasteiger partial charge in [-0.1, -0.05) is 11.6 Å². The quantitative estimate of drug-likeness (QED) is 0.555. The SMILES string of the molecule is Cl.Clc1ccnnn1. The second-order valence-corrected chi connectivity index (χ2v) is 1.33. The summed E-state index contributed by atoms with van der Waals surface area (Å²) in [5.74, 6) is 0. The monoisotopic (exact) mass is 151 g/mol. The molecule has 1 aromatic rings. The zero-order valence-electron chi connectivity index (χ0n) is 3.78. The van der Waals surface area contributed by atoms with Crippen molar-refractivity contribution in [1.82, 2.24) is 15.4 Å². The molecule has 0 bridgehead atoms. The lowest BCUT2D eigenvalue weighted by atomic mass is 10.7. The Hall–Kier alpha value is -0.410. The standard InChI is InChI=1S/C3H2ClN3.ClH/c4-3-1-2-5-7-6-3;/h1-2H;1H. The summed E-state index contributed by atoms with van der Waals surface area (Å²) in [7, 11) is 0. The molecule has 1 heterocycles. The van der Waals surface area contributed by atoms with Crippen molar-refractivity contribution in [3.63, 3.8) is 0 Å². The predicted molar refractivity (Wildman–Crippen MR) is 32.1 cm³/mol. The highest BCUT2D eigenvalue weighted by atomic mass is 35.5. The molecular weight excluding hydrogens is 149 g/mol. The smallest absolute Gasteiger partial charge is 0.147 e. The molecule has 0 spiro atoms. The molecule has 1 aromatic heterocycles. The molecule has 0 aliphatic carbocycles. The van der Waals surface area contributed by atoms with Crippen LogP contribution in [0.15, 0.2) is 12.3 Å². The number of halogens is 2. The van der Waals surface area contributed by atoms with Gasteiger partial charge in [0, 0.05) is 0 Å². The van der Waals surface area contributed by atoms with Crippen molar-refractivity contribution in [3.8, 4) is 0 Å². The minimum absolute atomic E-state index is 0. The lowest BCUT2D eigenvalue weighted by Gasteiger charge is -1.76. The van der Waals surface area contributed by atoms with Gasteiger partial charge in [-0.25, -0.2) is 0 Å². The van der Waals surface area contributed by atoms with Crippen LogP contribution < -0.4 is 0 Å². The third-order valence-corrected chi connectivity index (χ3v) is 0.672. The first kappa shape index (κ1) is 7.59. The highest BCUT2D eigenvalue weighted by Crippen LogP contribution is 1.94. The van der Waals surface area contributed by atoms with Crippen LogP contribution in [-0.2, 0) is 0 Å². The summed E-state index contributed by atoms with van der Waals surface area (Å²) in [4.78, 5) is 0. The zero-order chi connectivity index (χ0) is 5.11. The van der Waals surface area contributed by atoms with Crippen LogP contribution in [0.3, 0.4) is 0 Å². The normalized spacial score (nSPS) is 7.62. The predicted octanol–water partition coefficient (Wildman–Crippen LogP) is 0.947. The molecule has 0 amide bonds. The van der Waals surface area contributed by atoms with E-state index in [9.17, 15) is 0 Å². The fourth-order valence-electron chi connectivity index (χ4n) is 0.227. The molecule has 0 aliphatic rings. The van der Waals surface area contributed by atoms with Crippen LogP contribution in [0.4, 0.5) is 0 Å². The minimum atomic E-state index is 0. The Labute approximate surface area is 57.5 Å². The molecule has 0 saturated carbocycles. The van der Waals surface area contributed by atoms with E-state index >= 15 is 0 Å². The first-order valence-electron chi connectivity index (χ1n) is 1.69. The van der Waals surface area contributed by atoms with Crippen LogP contribution in [0.2, 0.25) is 5.15 Å². The molecule has 0 atom stereocenters. The second kappa shape index (κ2) is 3.57. The third kappa shape index (κ3) is 2.04. The topological polar surface area (TPSA) is 38.7 Å². The van der Waals surface area contributed by atoms with E-state index < -0.39 is 0 Å². The van der Waals surface area contributed by atoms with Gasteiger partial charge in [-0.15, -0.1) is 22.6 Å². The van der Waals surface area contributed by atoms with Gasteiger partial charge in [-0.3, -0.25) is 0 Å². The Morgan fingerprint density at radius 1 is 1.50 bits per heavy atom. The van der Waals surface area contributed by atoms with Gasteiger partial charge >= 0.3 is 0 Å². The molecule has 0 unspecified atom stereocenters. The average molecular weight is 152 g/mol. The Morgan fingerprint density at radius 3 is 2.50 bits per heavy atom. The molecule has 0 fully saturated rings. The van der Waals surface area contributed by atoms with Crippen molar-refractivity contribution in [2.24, 2.45) is 0 Å². The van der Waals surface area contributed by atoms with Gasteiger partial charge in [0.2, 0.25) is 0 Å². The number of hydrogen-bond acceptors (Lipinski definition) is 3. The van der Waals surface area contributed by atoms with Gasteiger partial charge in [-0.05, 0) is 11.3 Å². The van der Waals surface area contributed by atoms with Crippen LogP contribution in [0.5, 0.6) is 0 Å². The summed E-state index contributed by atoms with van der Waals surface area (Å²) in [6, 6.07) is 1.56. The lowest BCUT2D eigenvalue weighted by Crippen LogP contribution is -1.81. The molecule has 0 saturated heterocycles. The van der Waals surface area contributed by atoms with Crippen molar-refractivity contribution < 1.29 is 0 Å². The minimum Gasteiger partial charge on any atom is -0.147 e. The van der Waals surface area contributed by atoms with Gasteiger partial charge in [0.1, 0.15) is 0 Å². The summed E-state index contributed by atoms with van der Waals surface area (Å²) in [6.45, 7) is 0. The summed E-state index contributed by atoms with van der Waals surface area (Å²) in [5, 5.41) is 10.4. The van der Waals surface area contributed by atoms with Crippen molar-refractivity contribution in [1.29, 1.82) is 0 Å². The molecule has 0 N–H and O–H groups in total. The van der Waals surface area contributed by atoms with Crippen LogP contribution >= 0.6 is 24.0 Å². The van der Waals surface area contributed by atoms with Crippen LogP contribution in [0.25, 0.3) is 0 Å². The van der Waals surface area contributed by atoms with Crippen molar-refractivity contribution in [2.75, 3.05) is 0 Å². The van der Waals surface area contributed by atoms with E-state index in [4.69, 9.17) is 11.6 Å². The summed E-state index contributed by atoms with van der Waals surface area (Å²) in [5.41, 5.74) is 0. The average Bonchev–Trinajstić information content (AvgIpc) is 1.69. The maximum absolute atomic E-state index is 5.33. The van der Waals surface area contributed by atoms with Gasteiger partial charge in [0.05, 0.1) is 6.20 Å². The van der Waals surface area contributed by atoms with Crippen molar-refractivity contribution in [3.05, 3.63) is 17.4 Å². The Bertz CT molecular complexity index is 142. The van der Waals surface area contributed by atoms with Crippen LogP contribution in [0, 0.1) is 0 Å². The van der Waals surface area contributed by atoms with Gasteiger partial charge < -0.3 is 0 Å². The fraction of sp³-hybridized carbons (Fsp3) is 0. The van der Waals surface area contributed by atoms with E-state index in [0.29, 0.717) is 5.15 Å². The maximum Gasteiger partial charge on any atom is 0.155 e. The van der Waals surface area contributed by atoms with Crippen molar-refractivity contribution >= 4 is 24.0 Å². The molecule has 0 radical (unpaired) electrons. The summed E-state index contributed by atoms with van der Waals surface area (Å²) in [6.07, 6.45) is 1.48. The van der Waals surface area contributed by atoms with Crippen molar-refractivity contribution in [2.45, 2.75) is 0 Å². The molecule has 0 aromatic carbocycles. The van der Waals surface area contributed by atoms with Gasteiger partial charge in [0.15, 0.2) is 5.15 Å². The van der Waals surface area contributed by atoms with E-state index in [2.05, 4.69) is 15.4 Å². The molecule has 0 aliphatic heterocycles. The molecule has 1 rings (SSSR count). The largest absolute Gasteiger partial charge is 0.155 e. The highest BCUT2D eigenvalue weighted by molar-refractivity contribution is 6.29. The van der Waals surface area contributed by atoms with Gasteiger partial charge in [-0.2, -0.15) is 0 Å². The molecule has 8 heavy (non-hydrogen) atoms. The fourth-order valence-corrected chi connectivity index (χ4v) is 0.317. The molecule has 5 heteroatoms. The second-order valence-electron chi connectivity index (χ2n) is 0.943. The first-order valence-corrected chi connectivity index (χ1v) is 2.07. The van der Waals surface area contributed by atoms with E-state index in [-0.39, 0.29) is 12.4 Å². The van der Waals surface area contributed by atoms with E-state index in [1.807, 2.05) is 0 Å². The van der Waals surface area contributed by atoms with E-state index in [1.165, 1.54) is 6.20 Å². The molecule has 3 nitrogen and oxygen atoms in total. The Balaban J connectivity index is 0.000000490. The maximum atomic E-state index is 5.33. The summed E-state index contributed by atoms with van der Waals surface area (Å²) >= 11 is 5.33. The molecular formula is C3H3Cl2N3. The Kier molecular flexibility index (Phi) is 3.39. The number of rotatable bonds is 0. The Morgan fingerprint density at radius 2 is 2.25 bits per heavy atom. The number of nitrogens with zero attached hydrogens (tertiary/aromatic N) is 3. The van der Waals surface area contributed by atoms with Gasteiger partial charge in [0.25, 0.3) is 0 Å². The summed E-state index contributed by atoms with van der Waals surface area (Å²) < 4.78 is 0. The van der Waals surface area contributed by atoms with Crippen LogP contribution in [0.1, 0.15) is 0 Å². The van der Waals surface area contributed by atoms with E-state index in [0.717, 1.165) is 0 Å². The number of hydrogen-bond donors (Lipinski definition) is 0.